The molecule has 0 saturated heterocycles. The zero-order valence-electron chi connectivity index (χ0n) is 29.4. The van der Waals surface area contributed by atoms with Crippen molar-refractivity contribution in [3.63, 3.8) is 0 Å². The first kappa shape index (κ1) is 29.2. The van der Waals surface area contributed by atoms with Crippen LogP contribution < -0.4 is 0 Å². The Balaban J connectivity index is 1.01. The van der Waals surface area contributed by atoms with Crippen LogP contribution in [0.1, 0.15) is 43.2 Å². The number of fused-ring (bicyclic) bond motifs is 7. The number of rotatable bonds is 3. The van der Waals surface area contributed by atoms with Crippen molar-refractivity contribution in [1.29, 1.82) is 0 Å². The van der Waals surface area contributed by atoms with Crippen LogP contribution in [0.5, 0.6) is 0 Å². The highest BCUT2D eigenvalue weighted by molar-refractivity contribution is 6.21. The second-order valence-corrected chi connectivity index (χ2v) is 16.4. The molecule has 248 valence electrons. The summed E-state index contributed by atoms with van der Waals surface area (Å²) in [7, 11) is 0. The normalized spacial score (nSPS) is 23.8. The maximum Gasteiger partial charge on any atom is 0.0278 e. The lowest BCUT2D eigenvalue weighted by Gasteiger charge is -2.61. The number of hydrogen-bond acceptors (Lipinski definition) is 0. The maximum atomic E-state index is 2.57. The first-order valence-electron chi connectivity index (χ1n) is 19.5. The lowest BCUT2D eigenvalue weighted by molar-refractivity contribution is -0.0393. The van der Waals surface area contributed by atoms with Gasteiger partial charge in [0.05, 0.1) is 0 Å². The van der Waals surface area contributed by atoms with Gasteiger partial charge in [0.15, 0.2) is 0 Å². The predicted octanol–water partition coefficient (Wildman–Crippen LogP) is 13.9. The van der Waals surface area contributed by atoms with Gasteiger partial charge in [-0.15, -0.1) is 0 Å². The van der Waals surface area contributed by atoms with E-state index in [2.05, 4.69) is 158 Å². The van der Waals surface area contributed by atoms with Crippen LogP contribution >= 0.6 is 0 Å². The zero-order valence-corrected chi connectivity index (χ0v) is 29.4. The van der Waals surface area contributed by atoms with Crippen LogP contribution in [0.25, 0.3) is 76.8 Å². The van der Waals surface area contributed by atoms with Crippen molar-refractivity contribution in [3.05, 3.63) is 169 Å². The molecule has 8 aromatic rings. The van der Waals surface area contributed by atoms with Crippen molar-refractivity contribution in [2.75, 3.05) is 0 Å². The molecule has 0 heteroatoms. The van der Waals surface area contributed by atoms with E-state index in [9.17, 15) is 0 Å². The molecule has 4 saturated carbocycles. The predicted molar refractivity (Wildman–Crippen MR) is 219 cm³/mol. The van der Waals surface area contributed by atoms with Crippen molar-refractivity contribution in [2.24, 2.45) is 23.7 Å². The standard InChI is InChI=1S/C52H40/c1-2-11-36(12-3-1)49-42-14-6-8-16-44(42)50(45-17-9-7-15-43(45)49)37-20-18-34(19-21-37)38-23-25-48-47(31-38)46-24-22-35-10-4-5-13-41(35)51(46)52(48)39-27-32-26-33(29-39)30-40(52)28-32/h1-25,31-33,39-40H,26-30H2. The molecule has 0 heterocycles. The van der Waals surface area contributed by atoms with Gasteiger partial charge < -0.3 is 0 Å². The molecule has 5 aliphatic carbocycles. The Kier molecular flexibility index (Phi) is 6.04. The Morgan fingerprint density at radius 1 is 0.365 bits per heavy atom. The molecular formula is C52H40. The Morgan fingerprint density at radius 3 is 1.48 bits per heavy atom. The van der Waals surface area contributed by atoms with Crippen LogP contribution in [0, 0.1) is 23.7 Å². The smallest absolute Gasteiger partial charge is 0.0278 e. The molecule has 8 aromatic carbocycles. The lowest BCUT2D eigenvalue weighted by atomic mass is 9.43. The van der Waals surface area contributed by atoms with E-state index in [1.54, 1.807) is 11.1 Å². The minimum absolute atomic E-state index is 0.162. The van der Waals surface area contributed by atoms with Crippen molar-refractivity contribution in [2.45, 2.75) is 37.5 Å². The Bertz CT molecular complexity index is 2650. The minimum Gasteiger partial charge on any atom is -0.0622 e. The summed E-state index contributed by atoms with van der Waals surface area (Å²) in [6.07, 6.45) is 7.13. The van der Waals surface area contributed by atoms with Gasteiger partial charge in [-0.05, 0) is 150 Å². The van der Waals surface area contributed by atoms with E-state index in [4.69, 9.17) is 0 Å². The Morgan fingerprint density at radius 2 is 0.865 bits per heavy atom. The molecule has 1 spiro atoms. The van der Waals surface area contributed by atoms with E-state index in [1.807, 2.05) is 0 Å². The topological polar surface area (TPSA) is 0 Å². The summed E-state index contributed by atoms with van der Waals surface area (Å²) in [4.78, 5) is 0. The Hall–Kier alpha value is -5.46. The fourth-order valence-corrected chi connectivity index (χ4v) is 12.3. The molecule has 4 bridgehead atoms. The first-order valence-corrected chi connectivity index (χ1v) is 19.5. The van der Waals surface area contributed by atoms with Gasteiger partial charge in [-0.2, -0.15) is 0 Å². The van der Waals surface area contributed by atoms with Gasteiger partial charge in [-0.25, -0.2) is 0 Å². The molecule has 0 amide bonds. The fraction of sp³-hybridized carbons (Fsp3) is 0.192. The monoisotopic (exact) mass is 664 g/mol. The van der Waals surface area contributed by atoms with Crippen molar-refractivity contribution in [3.8, 4) is 44.5 Å². The lowest BCUT2D eigenvalue weighted by Crippen LogP contribution is -2.55. The van der Waals surface area contributed by atoms with Crippen LogP contribution in [0.4, 0.5) is 0 Å². The molecule has 0 aromatic heterocycles. The second-order valence-electron chi connectivity index (χ2n) is 16.4. The zero-order chi connectivity index (χ0) is 34.0. The molecule has 52 heavy (non-hydrogen) atoms. The molecule has 0 aliphatic heterocycles. The van der Waals surface area contributed by atoms with E-state index < -0.39 is 0 Å². The minimum atomic E-state index is 0.162. The fourth-order valence-electron chi connectivity index (χ4n) is 12.3. The third kappa shape index (κ3) is 3.88. The van der Waals surface area contributed by atoms with Crippen molar-refractivity contribution in [1.82, 2.24) is 0 Å². The van der Waals surface area contributed by atoms with Gasteiger partial charge in [0.1, 0.15) is 0 Å². The van der Waals surface area contributed by atoms with Gasteiger partial charge in [-0.3, -0.25) is 0 Å². The highest BCUT2D eigenvalue weighted by atomic mass is 14.6. The summed E-state index contributed by atoms with van der Waals surface area (Å²) in [5.74, 6) is 3.41. The summed E-state index contributed by atoms with van der Waals surface area (Å²) in [6, 6.07) is 59.9. The van der Waals surface area contributed by atoms with Gasteiger partial charge in [0, 0.05) is 5.41 Å². The molecule has 0 unspecified atom stereocenters. The summed E-state index contributed by atoms with van der Waals surface area (Å²) in [6.45, 7) is 0. The molecule has 0 atom stereocenters. The number of benzene rings is 8. The molecule has 0 nitrogen and oxygen atoms in total. The SMILES string of the molecule is c1ccc(-c2c3ccccc3c(-c3ccc(-c4ccc5c(c4)-c4ccc6ccccc6c4C54C5CC6CC(C5)CC4C6)cc3)c3ccccc23)cc1. The van der Waals surface area contributed by atoms with Gasteiger partial charge >= 0.3 is 0 Å². The third-order valence-corrected chi connectivity index (χ3v) is 14.0. The Labute approximate surface area is 305 Å². The van der Waals surface area contributed by atoms with Crippen LogP contribution in [0.3, 0.4) is 0 Å². The van der Waals surface area contributed by atoms with E-state index in [-0.39, 0.29) is 5.41 Å². The summed E-state index contributed by atoms with van der Waals surface area (Å²) < 4.78 is 0. The molecule has 13 rings (SSSR count). The summed E-state index contributed by atoms with van der Waals surface area (Å²) in [5.41, 5.74) is 14.2. The summed E-state index contributed by atoms with van der Waals surface area (Å²) >= 11 is 0. The van der Waals surface area contributed by atoms with Crippen LogP contribution in [-0.4, -0.2) is 0 Å². The van der Waals surface area contributed by atoms with Crippen LogP contribution in [0.2, 0.25) is 0 Å². The van der Waals surface area contributed by atoms with E-state index in [0.717, 1.165) is 23.7 Å². The number of hydrogen-bond donors (Lipinski definition) is 0. The van der Waals surface area contributed by atoms with Crippen LogP contribution in [0.15, 0.2) is 158 Å². The maximum absolute atomic E-state index is 2.57. The van der Waals surface area contributed by atoms with E-state index >= 15 is 0 Å². The van der Waals surface area contributed by atoms with Gasteiger partial charge in [0.25, 0.3) is 0 Å². The highest BCUT2D eigenvalue weighted by Gasteiger charge is 2.62. The molecule has 5 aliphatic rings. The molecule has 0 radical (unpaired) electrons. The van der Waals surface area contributed by atoms with Crippen molar-refractivity contribution >= 4 is 32.3 Å². The quantitative estimate of drug-likeness (QED) is 0.165. The second kappa shape index (κ2) is 10.8. The van der Waals surface area contributed by atoms with E-state index in [0.29, 0.717) is 0 Å². The van der Waals surface area contributed by atoms with E-state index in [1.165, 1.54) is 109 Å². The molecular weight excluding hydrogens is 625 g/mol. The third-order valence-electron chi connectivity index (χ3n) is 14.0. The summed E-state index contributed by atoms with van der Waals surface area (Å²) in [5, 5.41) is 8.09. The highest BCUT2D eigenvalue weighted by Crippen LogP contribution is 2.70. The van der Waals surface area contributed by atoms with Gasteiger partial charge in [0.2, 0.25) is 0 Å². The molecule has 0 N–H and O–H groups in total. The van der Waals surface area contributed by atoms with Crippen molar-refractivity contribution < 1.29 is 0 Å². The van der Waals surface area contributed by atoms with Gasteiger partial charge in [-0.1, -0.05) is 152 Å². The average Bonchev–Trinajstić information content (AvgIpc) is 3.50. The average molecular weight is 665 g/mol. The molecule has 4 fully saturated rings. The largest absolute Gasteiger partial charge is 0.0622 e. The van der Waals surface area contributed by atoms with Crippen LogP contribution in [-0.2, 0) is 5.41 Å². The first-order chi connectivity index (χ1) is 25.8.